The number of anilines is 1. The summed E-state index contributed by atoms with van der Waals surface area (Å²) in [6, 6.07) is 6.58. The van der Waals surface area contributed by atoms with E-state index in [1.165, 1.54) is 12.1 Å². The molecule has 0 spiro atoms. The molecule has 1 aliphatic rings. The average Bonchev–Trinajstić information content (AvgIpc) is 2.36. The monoisotopic (exact) mass is 358 g/mol. The lowest BCUT2D eigenvalue weighted by molar-refractivity contribution is -0.787. The van der Waals surface area contributed by atoms with Gasteiger partial charge in [-0.1, -0.05) is 0 Å². The number of hydrogen-bond acceptors (Lipinski definition) is 2. The van der Waals surface area contributed by atoms with Gasteiger partial charge in [0.2, 0.25) is 0 Å². The van der Waals surface area contributed by atoms with Crippen LogP contribution in [0.1, 0.15) is 40.5 Å². The summed E-state index contributed by atoms with van der Waals surface area (Å²) in [5.74, 6) is 0.126. The summed E-state index contributed by atoms with van der Waals surface area (Å²) in [4.78, 5) is 0. The molecule has 2 rings (SSSR count). The lowest BCUT2D eigenvalue weighted by Crippen LogP contribution is -3.06. The van der Waals surface area contributed by atoms with E-state index in [-0.39, 0.29) is 16.8 Å². The largest absolute Gasteiger partial charge is 0.435 e. The number of benzene rings is 1. The van der Waals surface area contributed by atoms with E-state index in [0.29, 0.717) is 11.2 Å². The fourth-order valence-electron chi connectivity index (χ4n) is 3.69. The molecule has 7 heteroatoms. The second kappa shape index (κ2) is 7.19. The molecule has 0 aliphatic carbocycles. The lowest BCUT2D eigenvalue weighted by atomic mass is 9.80. The number of alkyl halides is 2. The van der Waals surface area contributed by atoms with Crippen LogP contribution in [0.5, 0.6) is 5.75 Å². The third kappa shape index (κ3) is 5.87. The normalized spacial score (nSPS) is 19.8. The van der Waals surface area contributed by atoms with E-state index in [4.69, 9.17) is 12.2 Å². The average molecular weight is 358 g/mol. The molecule has 1 saturated heterocycles. The highest BCUT2D eigenvalue weighted by atomic mass is 32.1. The quantitative estimate of drug-likeness (QED) is 0.725. The Morgan fingerprint density at radius 1 is 1.17 bits per heavy atom. The number of quaternary nitrogens is 1. The molecule has 1 aromatic carbocycles. The van der Waals surface area contributed by atoms with Crippen LogP contribution in [0.3, 0.4) is 0 Å². The van der Waals surface area contributed by atoms with Crippen LogP contribution >= 0.6 is 12.2 Å². The molecule has 1 heterocycles. The van der Waals surface area contributed by atoms with Gasteiger partial charge in [0, 0.05) is 24.6 Å². The van der Waals surface area contributed by atoms with E-state index in [9.17, 15) is 8.78 Å². The highest BCUT2D eigenvalue weighted by molar-refractivity contribution is 7.80. The number of nitrogens with one attached hydrogen (secondary N) is 2. The molecular formula is C17H26F2N3OS+. The van der Waals surface area contributed by atoms with E-state index in [1.54, 1.807) is 12.1 Å². The fraction of sp³-hybridized carbons (Fsp3) is 0.588. The minimum atomic E-state index is -2.82. The van der Waals surface area contributed by atoms with Gasteiger partial charge in [0.1, 0.15) is 5.75 Å². The molecule has 1 aromatic rings. The van der Waals surface area contributed by atoms with Gasteiger partial charge in [0.25, 0.3) is 0 Å². The van der Waals surface area contributed by atoms with Crippen LogP contribution in [0.15, 0.2) is 24.3 Å². The third-order valence-electron chi connectivity index (χ3n) is 4.00. The molecule has 0 amide bonds. The fourth-order valence-corrected chi connectivity index (χ4v) is 3.98. The molecule has 1 fully saturated rings. The molecule has 0 bridgehead atoms. The van der Waals surface area contributed by atoms with Gasteiger partial charge < -0.3 is 20.7 Å². The first kappa shape index (κ1) is 18.9. The summed E-state index contributed by atoms with van der Waals surface area (Å²) >= 11 is 5.39. The van der Waals surface area contributed by atoms with Crippen molar-refractivity contribution in [2.45, 2.75) is 64.3 Å². The molecule has 4 N–H and O–H groups in total. The highest BCUT2D eigenvalue weighted by Crippen LogP contribution is 2.22. The first-order chi connectivity index (χ1) is 11.0. The maximum atomic E-state index is 12.1. The van der Waals surface area contributed by atoms with E-state index < -0.39 is 6.61 Å². The van der Waals surface area contributed by atoms with Crippen molar-refractivity contribution in [3.63, 3.8) is 0 Å². The third-order valence-corrected chi connectivity index (χ3v) is 4.22. The number of nitrogens with two attached hydrogens (primary N) is 1. The number of halogens is 2. The minimum absolute atomic E-state index is 0.126. The lowest BCUT2D eigenvalue weighted by Gasteiger charge is -2.43. The Bertz CT molecular complexity index is 560. The summed E-state index contributed by atoms with van der Waals surface area (Å²) in [6.45, 7) is 6.13. The molecule has 0 aromatic heterocycles. The molecule has 24 heavy (non-hydrogen) atoms. The maximum absolute atomic E-state index is 12.1. The smallest absolute Gasteiger partial charge is 0.387 e. The first-order valence-electron chi connectivity index (χ1n) is 8.04. The SMILES string of the molecule is CC1(C)CC(NC(=S)Nc2ccc(OC(F)F)cc2)CC(C)(C)[NH2+]1. The minimum Gasteiger partial charge on any atom is -0.435 e. The van der Waals surface area contributed by atoms with Crippen LogP contribution in [0, 0.1) is 0 Å². The van der Waals surface area contributed by atoms with E-state index >= 15 is 0 Å². The van der Waals surface area contributed by atoms with Gasteiger partial charge in [-0.3, -0.25) is 0 Å². The molecule has 0 saturated carbocycles. The van der Waals surface area contributed by atoms with E-state index in [0.717, 1.165) is 18.5 Å². The summed E-state index contributed by atoms with van der Waals surface area (Å²) in [6.07, 6.45) is 2.03. The molecule has 0 radical (unpaired) electrons. The van der Waals surface area contributed by atoms with Gasteiger partial charge in [-0.15, -0.1) is 0 Å². The van der Waals surface area contributed by atoms with Gasteiger partial charge in [0.15, 0.2) is 5.11 Å². The summed E-state index contributed by atoms with van der Waals surface area (Å²) in [7, 11) is 0. The van der Waals surface area contributed by atoms with E-state index in [1.807, 2.05) is 0 Å². The second-order valence-corrected chi connectivity index (χ2v) is 8.14. The summed E-state index contributed by atoms with van der Waals surface area (Å²) < 4.78 is 28.6. The highest BCUT2D eigenvalue weighted by Gasteiger charge is 2.41. The topological polar surface area (TPSA) is 49.9 Å². The van der Waals surface area contributed by atoms with Crippen LogP contribution in [0.4, 0.5) is 14.5 Å². The predicted molar refractivity (Wildman–Crippen MR) is 95.5 cm³/mol. The second-order valence-electron chi connectivity index (χ2n) is 7.73. The van der Waals surface area contributed by atoms with Crippen molar-refractivity contribution in [1.29, 1.82) is 0 Å². The van der Waals surface area contributed by atoms with Crippen LogP contribution in [-0.2, 0) is 0 Å². The molecule has 0 atom stereocenters. The Hall–Kier alpha value is -1.47. The van der Waals surface area contributed by atoms with Crippen LogP contribution in [-0.4, -0.2) is 28.8 Å². The van der Waals surface area contributed by atoms with Crippen molar-refractivity contribution in [2.75, 3.05) is 5.32 Å². The summed E-state index contributed by atoms with van der Waals surface area (Å²) in [5.41, 5.74) is 1.04. The number of piperidine rings is 1. The zero-order chi connectivity index (χ0) is 18.0. The van der Waals surface area contributed by atoms with Crippen molar-refractivity contribution in [1.82, 2.24) is 5.32 Å². The Balaban J connectivity index is 1.91. The first-order valence-corrected chi connectivity index (χ1v) is 8.45. The summed E-state index contributed by atoms with van der Waals surface area (Å²) in [5, 5.41) is 9.42. The van der Waals surface area contributed by atoms with Crippen LogP contribution in [0.2, 0.25) is 0 Å². The Labute approximate surface area is 147 Å². The Kier molecular flexibility index (Phi) is 5.65. The predicted octanol–water partition coefficient (Wildman–Crippen LogP) is 2.86. The van der Waals surface area contributed by atoms with Gasteiger partial charge >= 0.3 is 6.61 Å². The number of ether oxygens (including phenoxy) is 1. The van der Waals surface area contributed by atoms with Gasteiger partial charge in [-0.05, 0) is 64.2 Å². The zero-order valence-corrected chi connectivity index (χ0v) is 15.3. The molecule has 1 aliphatic heterocycles. The van der Waals surface area contributed by atoms with Gasteiger partial charge in [-0.2, -0.15) is 8.78 Å². The van der Waals surface area contributed by atoms with Crippen molar-refractivity contribution in [3.05, 3.63) is 24.3 Å². The van der Waals surface area contributed by atoms with Crippen molar-refractivity contribution in [2.24, 2.45) is 0 Å². The number of thiocarbonyl (C=S) groups is 1. The molecular weight excluding hydrogens is 332 g/mol. The van der Waals surface area contributed by atoms with Crippen LogP contribution in [0.25, 0.3) is 0 Å². The Morgan fingerprint density at radius 3 is 2.21 bits per heavy atom. The molecule has 0 unspecified atom stereocenters. The van der Waals surface area contributed by atoms with Gasteiger partial charge in [0.05, 0.1) is 11.1 Å². The van der Waals surface area contributed by atoms with Crippen molar-refractivity contribution >= 4 is 23.0 Å². The van der Waals surface area contributed by atoms with Crippen LogP contribution < -0.4 is 20.7 Å². The Morgan fingerprint density at radius 2 is 1.71 bits per heavy atom. The standard InChI is InChI=1S/C17H25F2N3OS/c1-16(2)9-12(10-17(3,4)22-16)21-15(24)20-11-5-7-13(8-6-11)23-14(18)19/h5-8,12,14,22H,9-10H2,1-4H3,(H2,20,21,24)/p+1. The number of hydrogen-bond donors (Lipinski definition) is 3. The molecule has 4 nitrogen and oxygen atoms in total. The maximum Gasteiger partial charge on any atom is 0.387 e. The van der Waals surface area contributed by atoms with Crippen molar-refractivity contribution < 1.29 is 18.8 Å². The van der Waals surface area contributed by atoms with E-state index in [2.05, 4.69) is 48.4 Å². The molecule has 134 valence electrons. The zero-order valence-electron chi connectivity index (χ0n) is 14.5. The van der Waals surface area contributed by atoms with Gasteiger partial charge in [-0.25, -0.2) is 0 Å². The van der Waals surface area contributed by atoms with Crippen molar-refractivity contribution in [3.8, 4) is 5.75 Å². The number of rotatable bonds is 4.